The van der Waals surface area contributed by atoms with Crippen LogP contribution in [0.2, 0.25) is 0 Å². The summed E-state index contributed by atoms with van der Waals surface area (Å²) < 4.78 is 1.20. The van der Waals surface area contributed by atoms with Crippen LogP contribution in [0, 0.1) is 11.3 Å². The number of nitrogens with one attached hydrogen (secondary N) is 1. The van der Waals surface area contributed by atoms with Crippen molar-refractivity contribution >= 4 is 33.2 Å². The monoisotopic (exact) mass is 397 g/mol. The molecule has 0 bridgehead atoms. The quantitative estimate of drug-likeness (QED) is 0.850. The van der Waals surface area contributed by atoms with Crippen LogP contribution in [0.3, 0.4) is 0 Å². The molecule has 4 nitrogen and oxygen atoms in total. The van der Waals surface area contributed by atoms with Gasteiger partial charge in [-0.1, -0.05) is 0 Å². The van der Waals surface area contributed by atoms with Crippen LogP contribution in [0.1, 0.15) is 24.1 Å². The predicted molar refractivity (Wildman–Crippen MR) is 96.5 cm³/mol. The topological polar surface area (TPSA) is 35.6 Å². The number of nitrogens with zero attached hydrogens (tertiary/aromatic N) is 2. The van der Waals surface area contributed by atoms with E-state index in [0.717, 1.165) is 52.2 Å². The molecule has 1 aromatic rings. The van der Waals surface area contributed by atoms with Crippen molar-refractivity contribution in [3.05, 3.63) is 20.8 Å². The van der Waals surface area contributed by atoms with Crippen LogP contribution in [0.5, 0.6) is 0 Å². The van der Waals surface area contributed by atoms with Gasteiger partial charge in [-0.25, -0.2) is 0 Å². The average molecular weight is 398 g/mol. The smallest absolute Gasteiger partial charge is 0.226 e. The van der Waals surface area contributed by atoms with E-state index in [0.29, 0.717) is 17.2 Å². The predicted octanol–water partition coefficient (Wildman–Crippen LogP) is 2.54. The average Bonchev–Trinajstić information content (AvgIpc) is 3.09. The number of amides is 1. The number of hydrogen-bond donors (Lipinski definition) is 1. The van der Waals surface area contributed by atoms with Crippen molar-refractivity contribution in [3.8, 4) is 0 Å². The maximum absolute atomic E-state index is 12.8. The van der Waals surface area contributed by atoms with Crippen molar-refractivity contribution in [2.45, 2.75) is 25.8 Å². The Balaban J connectivity index is 1.27. The zero-order valence-electron chi connectivity index (χ0n) is 13.4. The molecule has 1 spiro atoms. The Hall–Kier alpha value is -0.430. The van der Waals surface area contributed by atoms with Crippen molar-refractivity contribution in [2.24, 2.45) is 11.3 Å². The van der Waals surface area contributed by atoms with Gasteiger partial charge in [-0.2, -0.15) is 0 Å². The van der Waals surface area contributed by atoms with Crippen molar-refractivity contribution in [3.63, 3.8) is 0 Å². The van der Waals surface area contributed by atoms with E-state index < -0.39 is 0 Å². The third-order valence-electron chi connectivity index (χ3n) is 5.78. The van der Waals surface area contributed by atoms with Gasteiger partial charge in [-0.15, -0.1) is 11.3 Å². The molecule has 4 rings (SSSR count). The first kappa shape index (κ1) is 16.1. The summed E-state index contributed by atoms with van der Waals surface area (Å²) in [5.74, 6) is 0.759. The first-order valence-corrected chi connectivity index (χ1v) is 10.2. The van der Waals surface area contributed by atoms with Crippen LogP contribution in [0.4, 0.5) is 0 Å². The van der Waals surface area contributed by atoms with Gasteiger partial charge in [0, 0.05) is 43.5 Å². The molecule has 1 amide bonds. The minimum absolute atomic E-state index is 0.324. The highest BCUT2D eigenvalue weighted by atomic mass is 79.9. The number of thiophene rings is 1. The van der Waals surface area contributed by atoms with Gasteiger partial charge in [0.05, 0.1) is 3.79 Å². The highest BCUT2D eigenvalue weighted by molar-refractivity contribution is 9.11. The summed E-state index contributed by atoms with van der Waals surface area (Å²) in [5, 5.41) is 3.42. The Morgan fingerprint density at radius 2 is 2.00 bits per heavy atom. The Bertz CT molecular complexity index is 576. The zero-order valence-corrected chi connectivity index (χ0v) is 15.8. The molecule has 1 unspecified atom stereocenters. The molecule has 1 aliphatic carbocycles. The normalized spacial score (nSPS) is 27.3. The molecular weight excluding hydrogens is 374 g/mol. The number of piperidine rings is 1. The fraction of sp³-hybridized carbons (Fsp3) is 0.706. The summed E-state index contributed by atoms with van der Waals surface area (Å²) in [6, 6.07) is 4.31. The molecule has 2 saturated heterocycles. The molecule has 3 fully saturated rings. The van der Waals surface area contributed by atoms with Gasteiger partial charge in [-0.3, -0.25) is 9.69 Å². The minimum Gasteiger partial charge on any atom is -0.340 e. The lowest BCUT2D eigenvalue weighted by molar-refractivity contribution is -0.135. The van der Waals surface area contributed by atoms with Gasteiger partial charge < -0.3 is 10.2 Å². The van der Waals surface area contributed by atoms with Crippen molar-refractivity contribution in [1.29, 1.82) is 0 Å². The SMILES string of the molecule is O=C(C1CC12CCNCC2)N1CCN(Cc2ccc(Br)s2)CC1. The second-order valence-corrected chi connectivity index (χ2v) is 9.72. The van der Waals surface area contributed by atoms with E-state index in [-0.39, 0.29) is 0 Å². The summed E-state index contributed by atoms with van der Waals surface area (Å²) >= 11 is 5.33. The van der Waals surface area contributed by atoms with E-state index in [9.17, 15) is 4.79 Å². The number of hydrogen-bond acceptors (Lipinski definition) is 4. The molecule has 1 N–H and O–H groups in total. The number of rotatable bonds is 3. The van der Waals surface area contributed by atoms with Crippen LogP contribution in [0.25, 0.3) is 0 Å². The third kappa shape index (κ3) is 3.36. The number of piperazine rings is 1. The summed E-state index contributed by atoms with van der Waals surface area (Å²) in [4.78, 5) is 18.8. The highest BCUT2D eigenvalue weighted by Gasteiger charge is 2.58. The molecule has 1 atom stereocenters. The molecule has 1 saturated carbocycles. The lowest BCUT2D eigenvalue weighted by atomic mass is 9.91. The first-order valence-electron chi connectivity index (χ1n) is 8.62. The molecule has 6 heteroatoms. The molecular formula is C17H24BrN3OS. The van der Waals surface area contributed by atoms with Crippen molar-refractivity contribution in [1.82, 2.24) is 15.1 Å². The van der Waals surface area contributed by atoms with Crippen LogP contribution < -0.4 is 5.32 Å². The van der Waals surface area contributed by atoms with Gasteiger partial charge in [-0.05, 0) is 65.8 Å². The summed E-state index contributed by atoms with van der Waals surface area (Å²) in [6.07, 6.45) is 3.52. The Labute approximate surface area is 150 Å². The van der Waals surface area contributed by atoms with Gasteiger partial charge >= 0.3 is 0 Å². The molecule has 0 radical (unpaired) electrons. The summed E-state index contributed by atoms with van der Waals surface area (Å²) in [5.41, 5.74) is 0.364. The second kappa shape index (κ2) is 6.47. The summed E-state index contributed by atoms with van der Waals surface area (Å²) in [6.45, 7) is 7.00. The molecule has 23 heavy (non-hydrogen) atoms. The van der Waals surface area contributed by atoms with Gasteiger partial charge in [0.1, 0.15) is 0 Å². The van der Waals surface area contributed by atoms with E-state index in [1.54, 1.807) is 11.3 Å². The molecule has 126 valence electrons. The highest BCUT2D eigenvalue weighted by Crippen LogP contribution is 2.59. The van der Waals surface area contributed by atoms with E-state index in [1.165, 1.54) is 21.5 Å². The molecule has 3 aliphatic rings. The van der Waals surface area contributed by atoms with Gasteiger partial charge in [0.15, 0.2) is 0 Å². The lowest BCUT2D eigenvalue weighted by Gasteiger charge is -2.35. The summed E-state index contributed by atoms with van der Waals surface area (Å²) in [7, 11) is 0. The van der Waals surface area contributed by atoms with Crippen LogP contribution in [-0.2, 0) is 11.3 Å². The molecule has 0 aromatic carbocycles. The van der Waals surface area contributed by atoms with Crippen LogP contribution in [0.15, 0.2) is 15.9 Å². The van der Waals surface area contributed by atoms with Crippen LogP contribution >= 0.6 is 27.3 Å². The Kier molecular flexibility index (Phi) is 4.52. The van der Waals surface area contributed by atoms with Gasteiger partial charge in [0.25, 0.3) is 0 Å². The lowest BCUT2D eigenvalue weighted by Crippen LogP contribution is -2.49. The minimum atomic E-state index is 0.324. The Morgan fingerprint density at radius 1 is 1.26 bits per heavy atom. The second-order valence-electron chi connectivity index (χ2n) is 7.18. The Morgan fingerprint density at radius 3 is 2.65 bits per heavy atom. The standard InChI is InChI=1S/C17H24BrN3OS/c18-15-2-1-13(23-15)12-20-7-9-21(10-8-20)16(22)14-11-17(14)3-5-19-6-4-17/h1-2,14,19H,3-12H2. The van der Waals surface area contributed by atoms with E-state index in [2.05, 4.69) is 43.2 Å². The largest absolute Gasteiger partial charge is 0.340 e. The van der Waals surface area contributed by atoms with Crippen molar-refractivity contribution < 1.29 is 4.79 Å². The number of halogens is 1. The molecule has 3 heterocycles. The number of carbonyl (C=O) groups excluding carboxylic acids is 1. The van der Waals surface area contributed by atoms with Crippen molar-refractivity contribution in [2.75, 3.05) is 39.3 Å². The maximum Gasteiger partial charge on any atom is 0.226 e. The fourth-order valence-corrected chi connectivity index (χ4v) is 5.70. The molecule has 1 aromatic heterocycles. The zero-order chi connectivity index (χ0) is 15.9. The van der Waals surface area contributed by atoms with E-state index in [4.69, 9.17) is 0 Å². The van der Waals surface area contributed by atoms with Gasteiger partial charge in [0.2, 0.25) is 5.91 Å². The molecule has 2 aliphatic heterocycles. The number of carbonyl (C=O) groups is 1. The third-order valence-corrected chi connectivity index (χ3v) is 7.39. The van der Waals surface area contributed by atoms with Crippen LogP contribution in [-0.4, -0.2) is 55.0 Å². The maximum atomic E-state index is 12.8. The fourth-order valence-electron chi connectivity index (χ4n) is 4.18. The van der Waals surface area contributed by atoms with E-state index >= 15 is 0 Å². The first-order chi connectivity index (χ1) is 11.2. The van der Waals surface area contributed by atoms with E-state index in [1.807, 2.05) is 0 Å².